The highest BCUT2D eigenvalue weighted by molar-refractivity contribution is 7.56. The van der Waals surface area contributed by atoms with Gasteiger partial charge in [0.25, 0.3) is 0 Å². The van der Waals surface area contributed by atoms with Gasteiger partial charge in [0.15, 0.2) is 0 Å². The molecule has 0 aromatic carbocycles. The van der Waals surface area contributed by atoms with Gasteiger partial charge in [-0.05, 0) is 39.3 Å². The molecule has 0 radical (unpaired) electrons. The first-order valence-electron chi connectivity index (χ1n) is 6.05. The lowest BCUT2D eigenvalue weighted by Crippen LogP contribution is -2.27. The standard InChI is InChI=1S/C12H21N2O3P/c1-6-12(11(10(4)5)9-13-14-12)18(15,16-7-2)17-8-3/h6H,1,7-9H2,2-5H3. The maximum Gasteiger partial charge on any atom is 0.368 e. The van der Waals surface area contributed by atoms with Crippen molar-refractivity contribution in [3.63, 3.8) is 0 Å². The third-order valence-electron chi connectivity index (χ3n) is 2.80. The van der Waals surface area contributed by atoms with Gasteiger partial charge in [-0.1, -0.05) is 12.2 Å². The van der Waals surface area contributed by atoms with Crippen LogP contribution in [0.1, 0.15) is 27.7 Å². The highest BCUT2D eigenvalue weighted by Gasteiger charge is 2.54. The van der Waals surface area contributed by atoms with E-state index in [9.17, 15) is 4.57 Å². The molecule has 0 fully saturated rings. The van der Waals surface area contributed by atoms with E-state index in [-0.39, 0.29) is 0 Å². The molecule has 1 atom stereocenters. The summed E-state index contributed by atoms with van der Waals surface area (Å²) in [6.45, 7) is 12.2. The fourth-order valence-electron chi connectivity index (χ4n) is 1.99. The Balaban J connectivity index is 3.37. The summed E-state index contributed by atoms with van der Waals surface area (Å²) >= 11 is 0. The van der Waals surface area contributed by atoms with Crippen molar-refractivity contribution < 1.29 is 13.6 Å². The molecule has 0 N–H and O–H groups in total. The minimum Gasteiger partial charge on any atom is -0.307 e. The second-order valence-electron chi connectivity index (χ2n) is 4.14. The van der Waals surface area contributed by atoms with E-state index < -0.39 is 12.9 Å². The average molecular weight is 272 g/mol. The van der Waals surface area contributed by atoms with E-state index in [0.29, 0.717) is 19.8 Å². The zero-order chi connectivity index (χ0) is 13.8. The number of allylic oxidation sites excluding steroid dienone is 1. The van der Waals surface area contributed by atoms with Crippen molar-refractivity contribution in [3.8, 4) is 0 Å². The van der Waals surface area contributed by atoms with E-state index in [1.165, 1.54) is 6.08 Å². The van der Waals surface area contributed by atoms with Crippen LogP contribution in [0.4, 0.5) is 0 Å². The third-order valence-corrected chi connectivity index (χ3v) is 5.37. The zero-order valence-electron chi connectivity index (χ0n) is 11.5. The summed E-state index contributed by atoms with van der Waals surface area (Å²) in [6, 6.07) is 0. The highest BCUT2D eigenvalue weighted by atomic mass is 31.2. The van der Waals surface area contributed by atoms with Crippen molar-refractivity contribution in [2.45, 2.75) is 33.0 Å². The van der Waals surface area contributed by atoms with E-state index in [1.807, 2.05) is 13.8 Å². The van der Waals surface area contributed by atoms with Crippen LogP contribution >= 0.6 is 7.60 Å². The molecule has 102 valence electrons. The lowest BCUT2D eigenvalue weighted by molar-refractivity contribution is 0.208. The van der Waals surface area contributed by atoms with Gasteiger partial charge in [-0.2, -0.15) is 10.2 Å². The van der Waals surface area contributed by atoms with Crippen LogP contribution in [0.5, 0.6) is 0 Å². The first kappa shape index (κ1) is 15.3. The normalized spacial score (nSPS) is 23.4. The fourth-order valence-corrected chi connectivity index (χ4v) is 4.16. The molecule has 1 unspecified atom stereocenters. The molecule has 0 amide bonds. The molecule has 18 heavy (non-hydrogen) atoms. The van der Waals surface area contributed by atoms with E-state index in [0.717, 1.165) is 11.1 Å². The molecule has 0 saturated carbocycles. The SMILES string of the molecule is C=CC1(P(=O)(OCC)OCC)N=NCC1=C(C)C. The quantitative estimate of drug-likeness (QED) is 0.543. The Morgan fingerprint density at radius 3 is 2.39 bits per heavy atom. The molecular weight excluding hydrogens is 251 g/mol. The van der Waals surface area contributed by atoms with E-state index in [1.54, 1.807) is 13.8 Å². The molecule has 0 spiro atoms. The topological polar surface area (TPSA) is 60.2 Å². The van der Waals surface area contributed by atoms with Gasteiger partial charge in [0, 0.05) is 0 Å². The molecule has 0 aromatic heterocycles. The van der Waals surface area contributed by atoms with Gasteiger partial charge in [-0.25, -0.2) is 0 Å². The molecule has 1 aliphatic heterocycles. The highest BCUT2D eigenvalue weighted by Crippen LogP contribution is 2.66. The minimum absolute atomic E-state index is 0.290. The summed E-state index contributed by atoms with van der Waals surface area (Å²) in [6.07, 6.45) is 1.53. The summed E-state index contributed by atoms with van der Waals surface area (Å²) in [5.41, 5.74) is 1.86. The molecule has 5 nitrogen and oxygen atoms in total. The molecule has 1 aliphatic rings. The van der Waals surface area contributed by atoms with E-state index in [2.05, 4.69) is 16.8 Å². The predicted octanol–water partition coefficient (Wildman–Crippen LogP) is 3.94. The summed E-state index contributed by atoms with van der Waals surface area (Å²) in [5.74, 6) is 0. The van der Waals surface area contributed by atoms with Gasteiger partial charge in [0.2, 0.25) is 5.28 Å². The summed E-state index contributed by atoms with van der Waals surface area (Å²) in [4.78, 5) is 0. The number of azo groups is 1. The van der Waals surface area contributed by atoms with Gasteiger partial charge in [0.05, 0.1) is 19.8 Å². The van der Waals surface area contributed by atoms with Crippen LogP contribution in [0.3, 0.4) is 0 Å². The Morgan fingerprint density at radius 1 is 1.44 bits per heavy atom. The van der Waals surface area contributed by atoms with Gasteiger partial charge >= 0.3 is 7.60 Å². The monoisotopic (exact) mass is 272 g/mol. The second-order valence-corrected chi connectivity index (χ2v) is 6.33. The van der Waals surface area contributed by atoms with E-state index >= 15 is 0 Å². The smallest absolute Gasteiger partial charge is 0.307 e. The van der Waals surface area contributed by atoms with Crippen LogP contribution in [0.15, 0.2) is 34.0 Å². The van der Waals surface area contributed by atoms with Crippen molar-refractivity contribution in [1.82, 2.24) is 0 Å². The number of rotatable bonds is 6. The van der Waals surface area contributed by atoms with Gasteiger partial charge in [-0.3, -0.25) is 4.57 Å². The minimum atomic E-state index is -3.44. The molecule has 1 rings (SSSR count). The van der Waals surface area contributed by atoms with Gasteiger partial charge in [0.1, 0.15) is 0 Å². The molecule has 6 heteroatoms. The number of nitrogens with zero attached hydrogens (tertiary/aromatic N) is 2. The van der Waals surface area contributed by atoms with Crippen molar-refractivity contribution in [2.24, 2.45) is 10.2 Å². The first-order valence-corrected chi connectivity index (χ1v) is 7.60. The molecule has 0 aromatic rings. The van der Waals surface area contributed by atoms with Crippen LogP contribution in [0, 0.1) is 0 Å². The van der Waals surface area contributed by atoms with Gasteiger partial charge < -0.3 is 9.05 Å². The Hall–Kier alpha value is -0.770. The van der Waals surface area contributed by atoms with Crippen LogP contribution in [-0.2, 0) is 13.6 Å². The Labute approximate surface area is 109 Å². The summed E-state index contributed by atoms with van der Waals surface area (Å²) in [5, 5.41) is 6.98. The summed E-state index contributed by atoms with van der Waals surface area (Å²) < 4.78 is 23.8. The molecule has 0 saturated heterocycles. The maximum atomic E-state index is 13.0. The van der Waals surface area contributed by atoms with Crippen molar-refractivity contribution >= 4 is 7.60 Å². The van der Waals surface area contributed by atoms with E-state index in [4.69, 9.17) is 9.05 Å². The molecule has 0 aliphatic carbocycles. The average Bonchev–Trinajstić information content (AvgIpc) is 2.75. The van der Waals surface area contributed by atoms with Crippen LogP contribution < -0.4 is 0 Å². The predicted molar refractivity (Wildman–Crippen MR) is 71.9 cm³/mol. The largest absolute Gasteiger partial charge is 0.368 e. The lowest BCUT2D eigenvalue weighted by atomic mass is 10.0. The third kappa shape index (κ3) is 2.35. The van der Waals surface area contributed by atoms with Crippen LogP contribution in [0.2, 0.25) is 0 Å². The number of hydrogen-bond acceptors (Lipinski definition) is 5. The Bertz CT molecular complexity index is 417. The molecule has 0 bridgehead atoms. The van der Waals surface area contributed by atoms with Crippen LogP contribution in [0.25, 0.3) is 0 Å². The lowest BCUT2D eigenvalue weighted by Gasteiger charge is -2.31. The molecule has 1 heterocycles. The Morgan fingerprint density at radius 2 is 2.00 bits per heavy atom. The fraction of sp³-hybridized carbons (Fsp3) is 0.667. The molecular formula is C12H21N2O3P. The first-order chi connectivity index (χ1) is 8.47. The summed E-state index contributed by atoms with van der Waals surface area (Å²) in [7, 11) is -3.44. The zero-order valence-corrected chi connectivity index (χ0v) is 12.4. The van der Waals surface area contributed by atoms with Crippen molar-refractivity contribution in [2.75, 3.05) is 19.8 Å². The van der Waals surface area contributed by atoms with Crippen molar-refractivity contribution in [1.29, 1.82) is 0 Å². The maximum absolute atomic E-state index is 13.0. The second kappa shape index (κ2) is 5.91. The number of hydrogen-bond donors (Lipinski definition) is 0. The Kier molecular flexibility index (Phi) is 5.02. The van der Waals surface area contributed by atoms with Crippen molar-refractivity contribution in [3.05, 3.63) is 23.8 Å². The van der Waals surface area contributed by atoms with Gasteiger partial charge in [-0.15, -0.1) is 0 Å². The van der Waals surface area contributed by atoms with Crippen LogP contribution in [-0.4, -0.2) is 25.0 Å².